The van der Waals surface area contributed by atoms with Crippen molar-refractivity contribution in [3.8, 4) is 0 Å². The summed E-state index contributed by atoms with van der Waals surface area (Å²) in [5, 5.41) is 24.6. The molecular weight excluding hydrogens is 751 g/mol. The van der Waals surface area contributed by atoms with E-state index in [1.807, 2.05) is 0 Å². The highest BCUT2D eigenvalue weighted by Gasteiger charge is 2.35. The molecule has 0 saturated carbocycles. The quantitative estimate of drug-likeness (QED) is 0.0201. The van der Waals surface area contributed by atoms with E-state index < -0.39 is 108 Å². The molecule has 312 valence electrons. The van der Waals surface area contributed by atoms with Gasteiger partial charge < -0.3 is 59.9 Å². The molecule has 0 aliphatic carbocycles. The molecule has 0 aliphatic rings. The summed E-state index contributed by atoms with van der Waals surface area (Å²) in [6, 6.07) is 0.652. The highest BCUT2D eigenvalue weighted by Crippen LogP contribution is 2.11. The first-order chi connectivity index (χ1) is 26.3. The summed E-state index contributed by atoms with van der Waals surface area (Å²) in [6.07, 6.45) is 0.0647. The van der Waals surface area contributed by atoms with Gasteiger partial charge in [-0.15, -0.1) is 0 Å². The van der Waals surface area contributed by atoms with Gasteiger partial charge in [0, 0.05) is 18.7 Å². The van der Waals surface area contributed by atoms with E-state index in [9.17, 15) is 43.5 Å². The molecule has 0 bridgehead atoms. The van der Waals surface area contributed by atoms with Crippen molar-refractivity contribution in [2.45, 2.75) is 96.1 Å². The van der Waals surface area contributed by atoms with Gasteiger partial charge >= 0.3 is 5.97 Å². The van der Waals surface area contributed by atoms with E-state index >= 15 is 0 Å². The number of aliphatic carboxylic acids is 1. The van der Waals surface area contributed by atoms with E-state index in [1.54, 1.807) is 58.0 Å². The monoisotopic (exact) mass is 807 g/mol. The summed E-state index contributed by atoms with van der Waals surface area (Å²) < 4.78 is 0. The van der Waals surface area contributed by atoms with Gasteiger partial charge in [-0.1, -0.05) is 64.4 Å². The van der Waals surface area contributed by atoms with E-state index in [2.05, 4.69) is 49.5 Å². The number of nitrogens with two attached hydrogens (primary N) is 4. The average molecular weight is 808 g/mol. The molecule has 1 aromatic carbocycles. The molecule has 1 rings (SSSR count). The van der Waals surface area contributed by atoms with Crippen LogP contribution in [0.15, 0.2) is 35.3 Å². The maximum atomic E-state index is 13.8. The number of carbonyl (C=O) groups is 8. The number of hydrogen-bond donors (Lipinski definition) is 12. The molecule has 20 nitrogen and oxygen atoms in total. The molecule has 0 fully saturated rings. The molecule has 1 aromatic rings. The van der Waals surface area contributed by atoms with Crippen LogP contribution in [0.4, 0.5) is 0 Å². The fourth-order valence-electron chi connectivity index (χ4n) is 5.22. The number of nitrogens with one attached hydrogen (secondary N) is 6. The van der Waals surface area contributed by atoms with Crippen molar-refractivity contribution in [2.75, 3.05) is 18.8 Å². The first-order valence-corrected chi connectivity index (χ1v) is 18.7. The van der Waals surface area contributed by atoms with Gasteiger partial charge in [0.05, 0.1) is 13.0 Å². The Morgan fingerprint density at radius 1 is 0.732 bits per heavy atom. The van der Waals surface area contributed by atoms with Crippen LogP contribution in [0.25, 0.3) is 0 Å². The molecule has 0 heterocycles. The molecule has 0 aliphatic heterocycles. The zero-order chi connectivity index (χ0) is 42.5. The second-order valence-corrected chi connectivity index (χ2v) is 13.8. The summed E-state index contributed by atoms with van der Waals surface area (Å²) >= 11 is 4.18. The smallest absolute Gasteiger partial charge is 0.326 e. The van der Waals surface area contributed by atoms with Gasteiger partial charge in [0.2, 0.25) is 41.4 Å². The van der Waals surface area contributed by atoms with Crippen molar-refractivity contribution in [1.82, 2.24) is 31.9 Å². The van der Waals surface area contributed by atoms with Crippen LogP contribution in [0.2, 0.25) is 0 Å². The normalized spacial score (nSPS) is 14.6. The van der Waals surface area contributed by atoms with Gasteiger partial charge in [-0.25, -0.2) is 4.79 Å². The van der Waals surface area contributed by atoms with Crippen LogP contribution in [-0.4, -0.2) is 113 Å². The predicted molar refractivity (Wildman–Crippen MR) is 210 cm³/mol. The van der Waals surface area contributed by atoms with Crippen LogP contribution in [-0.2, 0) is 44.8 Å². The Hall–Kier alpha value is -5.44. The Labute approximate surface area is 331 Å². The number of benzene rings is 1. The van der Waals surface area contributed by atoms with Crippen LogP contribution >= 0.6 is 12.6 Å². The highest BCUT2D eigenvalue weighted by molar-refractivity contribution is 7.80. The molecule has 56 heavy (non-hydrogen) atoms. The standard InChI is InChI=1S/C35H57N11O9S/c1-5-19(4)28(34(54)55)46-31(51)23(15-25(37)47)42-32(52)24(17-56)44-30(50)22(14-20-10-7-6-8-11-20)43-33(53)27(18(2)3)45-29(49)21(41-26(48)16-36)12-9-13-40-35(38)39/h6-8,10-11,18-19,21-24,27-28,56H,5,9,12-17,36H2,1-4H3,(H2,37,47)(H,41,48)(H,42,52)(H,43,53)(H,44,50)(H,45,49)(H,46,51)(H,54,55)(H4,38,39,40)/t19-,21-,22-,23-,24-,27-,28-/m0/s1. The molecule has 0 unspecified atom stereocenters. The molecule has 21 heteroatoms. The Morgan fingerprint density at radius 3 is 1.79 bits per heavy atom. The first-order valence-electron chi connectivity index (χ1n) is 18.1. The Balaban J connectivity index is 3.31. The number of nitrogens with zero attached hydrogens (tertiary/aromatic N) is 1. The van der Waals surface area contributed by atoms with Crippen molar-refractivity contribution >= 4 is 65.9 Å². The van der Waals surface area contributed by atoms with E-state index in [0.29, 0.717) is 18.4 Å². The van der Waals surface area contributed by atoms with Crippen LogP contribution < -0.4 is 54.8 Å². The third-order valence-corrected chi connectivity index (χ3v) is 8.94. The highest BCUT2D eigenvalue weighted by atomic mass is 32.1. The third kappa shape index (κ3) is 17.4. The molecule has 0 radical (unpaired) electrons. The minimum absolute atomic E-state index is 0.0586. The zero-order valence-corrected chi connectivity index (χ0v) is 33.0. The lowest BCUT2D eigenvalue weighted by Crippen LogP contribution is -2.61. The Morgan fingerprint density at radius 2 is 1.27 bits per heavy atom. The van der Waals surface area contributed by atoms with E-state index in [4.69, 9.17) is 22.9 Å². The number of aliphatic imine (C=N–C) groups is 1. The largest absolute Gasteiger partial charge is 0.480 e. The fourth-order valence-corrected chi connectivity index (χ4v) is 5.48. The minimum atomic E-state index is -1.59. The number of carbonyl (C=O) groups excluding carboxylic acids is 7. The van der Waals surface area contributed by atoms with Gasteiger partial charge in [-0.05, 0) is 30.2 Å². The van der Waals surface area contributed by atoms with Crippen molar-refractivity contribution in [2.24, 2.45) is 39.8 Å². The predicted octanol–water partition coefficient (Wildman–Crippen LogP) is -3.26. The molecule has 7 amide bonds. The second-order valence-electron chi connectivity index (χ2n) is 13.4. The number of thiol groups is 1. The number of carboxylic acids is 1. The zero-order valence-electron chi connectivity index (χ0n) is 32.1. The first kappa shape index (κ1) is 48.6. The Kier molecular flexibility index (Phi) is 21.6. The van der Waals surface area contributed by atoms with Crippen molar-refractivity contribution in [3.05, 3.63) is 35.9 Å². The molecule has 0 spiro atoms. The van der Waals surface area contributed by atoms with Gasteiger partial charge in [0.25, 0.3) is 0 Å². The second kappa shape index (κ2) is 24.9. The number of carboxylic acid groups (broad SMARTS) is 1. The number of guanidine groups is 1. The van der Waals surface area contributed by atoms with Crippen LogP contribution in [0, 0.1) is 11.8 Å². The van der Waals surface area contributed by atoms with Gasteiger partial charge in [0.15, 0.2) is 5.96 Å². The SMILES string of the molecule is CC[C@H](C)[C@H](NC(=O)[C@H](CC(N)=O)NC(=O)[C@H](CS)NC(=O)[C@H](Cc1ccccc1)NC(=O)[C@@H](NC(=O)[C@H](CCCN=C(N)N)NC(=O)CN)C(C)C)C(=O)O. The van der Waals surface area contributed by atoms with E-state index in [1.165, 1.54) is 0 Å². The summed E-state index contributed by atoms with van der Waals surface area (Å²) in [6.45, 7) is 6.42. The summed E-state index contributed by atoms with van der Waals surface area (Å²) in [5.41, 5.74) is 22.1. The lowest BCUT2D eigenvalue weighted by molar-refractivity contribution is -0.144. The molecular formula is C35H57N11O9S. The summed E-state index contributed by atoms with van der Waals surface area (Å²) in [5.74, 6) is -8.59. The van der Waals surface area contributed by atoms with Gasteiger partial charge in [-0.3, -0.25) is 38.6 Å². The van der Waals surface area contributed by atoms with Crippen LogP contribution in [0.3, 0.4) is 0 Å². The number of rotatable bonds is 25. The third-order valence-electron chi connectivity index (χ3n) is 8.58. The van der Waals surface area contributed by atoms with E-state index in [0.717, 1.165) is 0 Å². The topological polar surface area (TPSA) is 345 Å². The number of amides is 7. The molecule has 0 saturated heterocycles. The molecule has 15 N–H and O–H groups in total. The van der Waals surface area contributed by atoms with Crippen molar-refractivity contribution in [1.29, 1.82) is 0 Å². The van der Waals surface area contributed by atoms with E-state index in [-0.39, 0.29) is 31.1 Å². The average Bonchev–Trinajstić information content (AvgIpc) is 3.14. The fraction of sp³-hybridized carbons (Fsp3) is 0.571. The van der Waals surface area contributed by atoms with Crippen molar-refractivity contribution in [3.63, 3.8) is 0 Å². The number of hydrogen-bond acceptors (Lipinski definition) is 11. The maximum Gasteiger partial charge on any atom is 0.326 e. The van der Waals surface area contributed by atoms with Gasteiger partial charge in [-0.2, -0.15) is 12.6 Å². The Bertz CT molecular complexity index is 1540. The van der Waals surface area contributed by atoms with Gasteiger partial charge in [0.1, 0.15) is 36.3 Å². The maximum absolute atomic E-state index is 13.8. The lowest BCUT2D eigenvalue weighted by Gasteiger charge is -2.28. The lowest BCUT2D eigenvalue weighted by atomic mass is 9.98. The molecule has 0 aromatic heterocycles. The summed E-state index contributed by atoms with van der Waals surface area (Å²) in [7, 11) is 0. The molecule has 7 atom stereocenters. The number of primary amides is 1. The van der Waals surface area contributed by atoms with Crippen LogP contribution in [0.5, 0.6) is 0 Å². The van der Waals surface area contributed by atoms with Crippen molar-refractivity contribution < 1.29 is 43.5 Å². The minimum Gasteiger partial charge on any atom is -0.480 e. The summed E-state index contributed by atoms with van der Waals surface area (Å²) in [4.78, 5) is 107. The van der Waals surface area contributed by atoms with Crippen LogP contribution in [0.1, 0.15) is 58.9 Å².